The minimum atomic E-state index is -0.542. The molecule has 0 unspecified atom stereocenters. The number of imide groups is 1. The lowest BCUT2D eigenvalue weighted by Gasteiger charge is -2.09. The quantitative estimate of drug-likeness (QED) is 0.782. The van der Waals surface area contributed by atoms with Crippen LogP contribution >= 0.6 is 0 Å². The van der Waals surface area contributed by atoms with E-state index in [9.17, 15) is 14.4 Å². The Hall–Kier alpha value is -2.83. The third-order valence-electron chi connectivity index (χ3n) is 3.86. The molecule has 0 atom stereocenters. The van der Waals surface area contributed by atoms with Crippen LogP contribution in [0.3, 0.4) is 0 Å². The summed E-state index contributed by atoms with van der Waals surface area (Å²) < 4.78 is 10.6. The van der Waals surface area contributed by atoms with E-state index < -0.39 is 17.6 Å². The second-order valence-corrected chi connectivity index (χ2v) is 6.08. The molecule has 1 aromatic carbocycles. The molecule has 0 saturated heterocycles. The molecule has 0 spiro atoms. The predicted octanol–water partition coefficient (Wildman–Crippen LogP) is 2.11. The Morgan fingerprint density at radius 3 is 2.80 bits per heavy atom. The Bertz CT molecular complexity index is 854. The van der Waals surface area contributed by atoms with Crippen LogP contribution in [0.2, 0.25) is 0 Å². The van der Waals surface area contributed by atoms with Crippen LogP contribution < -0.4 is 21.0 Å². The number of fused-ring (bicyclic) bond motifs is 1. The van der Waals surface area contributed by atoms with Crippen molar-refractivity contribution in [1.82, 2.24) is 10.6 Å². The number of benzene rings is 1. The van der Waals surface area contributed by atoms with Gasteiger partial charge in [0.2, 0.25) is 0 Å². The molecule has 2 aromatic rings. The number of hydrogen-bond acceptors (Lipinski definition) is 5. The molecule has 1 heterocycles. The third kappa shape index (κ3) is 4.59. The van der Waals surface area contributed by atoms with Gasteiger partial charge in [0.1, 0.15) is 11.3 Å². The van der Waals surface area contributed by atoms with Crippen molar-refractivity contribution in [2.24, 2.45) is 0 Å². The summed E-state index contributed by atoms with van der Waals surface area (Å²) >= 11 is 0. The zero-order valence-corrected chi connectivity index (χ0v) is 14.0. The summed E-state index contributed by atoms with van der Waals surface area (Å²) in [5.41, 5.74) is 0.928. The van der Waals surface area contributed by atoms with Crippen molar-refractivity contribution >= 4 is 22.9 Å². The molecule has 2 N–H and O–H groups in total. The van der Waals surface area contributed by atoms with E-state index in [1.165, 1.54) is 6.07 Å². The van der Waals surface area contributed by atoms with Crippen LogP contribution in [0.5, 0.6) is 5.75 Å². The molecule has 0 aliphatic heterocycles. The smallest absolute Gasteiger partial charge is 0.336 e. The topological polar surface area (TPSA) is 97.6 Å². The van der Waals surface area contributed by atoms with E-state index in [1.54, 1.807) is 18.2 Å². The Balaban J connectivity index is 1.64. The van der Waals surface area contributed by atoms with Crippen molar-refractivity contribution in [3.63, 3.8) is 0 Å². The van der Waals surface area contributed by atoms with E-state index in [0.717, 1.165) is 36.6 Å². The molecule has 1 aliphatic rings. The van der Waals surface area contributed by atoms with Gasteiger partial charge < -0.3 is 14.5 Å². The number of ether oxygens (including phenoxy) is 1. The van der Waals surface area contributed by atoms with E-state index >= 15 is 0 Å². The van der Waals surface area contributed by atoms with Crippen molar-refractivity contribution in [3.8, 4) is 5.75 Å². The predicted molar refractivity (Wildman–Crippen MR) is 91.7 cm³/mol. The second-order valence-electron chi connectivity index (χ2n) is 6.08. The molecule has 1 aromatic heterocycles. The molecular formula is C18H20N2O5. The normalized spacial score (nSPS) is 13.5. The first kappa shape index (κ1) is 17.0. The first-order chi connectivity index (χ1) is 12.0. The summed E-state index contributed by atoms with van der Waals surface area (Å²) in [5.74, 6) is -0.151. The lowest BCUT2D eigenvalue weighted by Crippen LogP contribution is -2.42. The molecule has 1 saturated carbocycles. The highest BCUT2D eigenvalue weighted by molar-refractivity contribution is 5.95. The van der Waals surface area contributed by atoms with Crippen molar-refractivity contribution in [3.05, 3.63) is 40.2 Å². The van der Waals surface area contributed by atoms with Gasteiger partial charge >= 0.3 is 11.7 Å². The monoisotopic (exact) mass is 344 g/mol. The van der Waals surface area contributed by atoms with Gasteiger partial charge in [-0.2, -0.15) is 0 Å². The molecule has 132 valence electrons. The first-order valence-electron chi connectivity index (χ1n) is 8.35. The molecular weight excluding hydrogens is 324 g/mol. The fraction of sp³-hybridized carbons (Fsp3) is 0.389. The molecule has 0 radical (unpaired) electrons. The summed E-state index contributed by atoms with van der Waals surface area (Å²) in [7, 11) is 0. The van der Waals surface area contributed by atoms with Gasteiger partial charge in [0, 0.05) is 23.6 Å². The second kappa shape index (κ2) is 7.38. The van der Waals surface area contributed by atoms with Crippen molar-refractivity contribution in [1.29, 1.82) is 0 Å². The van der Waals surface area contributed by atoms with Gasteiger partial charge in [-0.3, -0.25) is 10.1 Å². The average Bonchev–Trinajstić information content (AvgIpc) is 3.36. The minimum absolute atomic E-state index is 0.175. The number of rotatable bonds is 6. The van der Waals surface area contributed by atoms with E-state index in [0.29, 0.717) is 11.3 Å². The van der Waals surface area contributed by atoms with Gasteiger partial charge in [-0.15, -0.1) is 0 Å². The van der Waals surface area contributed by atoms with E-state index in [2.05, 4.69) is 10.6 Å². The zero-order valence-electron chi connectivity index (χ0n) is 14.0. The largest absolute Gasteiger partial charge is 0.484 e. The van der Waals surface area contributed by atoms with E-state index in [-0.39, 0.29) is 12.6 Å². The maximum Gasteiger partial charge on any atom is 0.336 e. The maximum absolute atomic E-state index is 11.7. The number of nitrogens with one attached hydrogen (secondary N) is 2. The van der Waals surface area contributed by atoms with Crippen LogP contribution in [-0.2, 0) is 11.2 Å². The van der Waals surface area contributed by atoms with E-state index in [1.807, 2.05) is 6.92 Å². The lowest BCUT2D eigenvalue weighted by atomic mass is 10.1. The first-order valence-corrected chi connectivity index (χ1v) is 8.35. The molecule has 1 fully saturated rings. The summed E-state index contributed by atoms with van der Waals surface area (Å²) in [6, 6.07) is 6.25. The van der Waals surface area contributed by atoms with Crippen molar-refractivity contribution < 1.29 is 18.7 Å². The third-order valence-corrected chi connectivity index (χ3v) is 3.86. The Labute approximate surface area is 144 Å². The lowest BCUT2D eigenvalue weighted by molar-refractivity contribution is -0.122. The van der Waals surface area contributed by atoms with Crippen LogP contribution in [0, 0.1) is 0 Å². The highest BCUT2D eigenvalue weighted by atomic mass is 16.5. The van der Waals surface area contributed by atoms with Crippen LogP contribution in [-0.4, -0.2) is 24.6 Å². The van der Waals surface area contributed by atoms with Crippen LogP contribution in [0.25, 0.3) is 11.0 Å². The van der Waals surface area contributed by atoms with Gasteiger partial charge in [0.15, 0.2) is 6.61 Å². The van der Waals surface area contributed by atoms with Crippen LogP contribution in [0.4, 0.5) is 4.79 Å². The van der Waals surface area contributed by atoms with Crippen LogP contribution in [0.15, 0.2) is 33.5 Å². The van der Waals surface area contributed by atoms with Gasteiger partial charge in [-0.1, -0.05) is 13.3 Å². The van der Waals surface area contributed by atoms with Gasteiger partial charge in [-0.25, -0.2) is 9.59 Å². The number of carbonyl (C=O) groups is 2. The van der Waals surface area contributed by atoms with Gasteiger partial charge in [-0.05, 0) is 37.0 Å². The van der Waals surface area contributed by atoms with Crippen molar-refractivity contribution in [2.75, 3.05) is 6.61 Å². The molecule has 25 heavy (non-hydrogen) atoms. The highest BCUT2D eigenvalue weighted by Gasteiger charge is 2.23. The minimum Gasteiger partial charge on any atom is -0.484 e. The molecule has 0 bridgehead atoms. The standard InChI is InChI=1S/C18H20N2O5/c1-2-3-11-8-17(22)25-15-9-13(6-7-14(11)15)24-10-16(21)20-18(23)19-12-4-5-12/h6-9,12H,2-5,10H2,1H3,(H2,19,20,21,23). The molecule has 1 aliphatic carbocycles. The Morgan fingerprint density at radius 1 is 1.28 bits per heavy atom. The molecule has 7 nitrogen and oxygen atoms in total. The van der Waals surface area contributed by atoms with Gasteiger partial charge in [0.25, 0.3) is 5.91 Å². The Kier molecular flexibility index (Phi) is 5.02. The number of aryl methyl sites for hydroxylation is 1. The fourth-order valence-electron chi connectivity index (χ4n) is 2.54. The zero-order chi connectivity index (χ0) is 17.8. The summed E-state index contributed by atoms with van der Waals surface area (Å²) in [6.45, 7) is 1.73. The number of amides is 3. The fourth-order valence-corrected chi connectivity index (χ4v) is 2.54. The van der Waals surface area contributed by atoms with Crippen molar-refractivity contribution in [2.45, 2.75) is 38.6 Å². The van der Waals surface area contributed by atoms with Crippen LogP contribution in [0.1, 0.15) is 31.7 Å². The van der Waals surface area contributed by atoms with Gasteiger partial charge in [0.05, 0.1) is 0 Å². The van der Waals surface area contributed by atoms with E-state index in [4.69, 9.17) is 9.15 Å². The average molecular weight is 344 g/mol. The maximum atomic E-state index is 11.7. The molecule has 3 amide bonds. The highest BCUT2D eigenvalue weighted by Crippen LogP contribution is 2.23. The summed E-state index contributed by atoms with van der Waals surface area (Å²) in [6.07, 6.45) is 3.58. The number of hydrogen-bond donors (Lipinski definition) is 2. The number of carbonyl (C=O) groups excluding carboxylic acids is 2. The summed E-state index contributed by atoms with van der Waals surface area (Å²) in [4.78, 5) is 34.8. The SMILES string of the molecule is CCCc1cc(=O)oc2cc(OCC(=O)NC(=O)NC3CC3)ccc12. The Morgan fingerprint density at radius 2 is 2.08 bits per heavy atom. The molecule has 3 rings (SSSR count). The number of urea groups is 1. The summed E-state index contributed by atoms with van der Waals surface area (Å²) in [5, 5.41) is 5.71. The molecule has 7 heteroatoms.